The maximum absolute atomic E-state index is 5.15. The van der Waals surface area contributed by atoms with Crippen molar-refractivity contribution in [1.29, 1.82) is 0 Å². The summed E-state index contributed by atoms with van der Waals surface area (Å²) in [6.07, 6.45) is 0. The first-order valence-electron chi connectivity index (χ1n) is 23.1. The molecule has 14 rings (SSSR count). The van der Waals surface area contributed by atoms with Crippen molar-refractivity contribution < 1.29 is 0 Å². The normalized spacial score (nSPS) is 11.8. The fourth-order valence-corrected chi connectivity index (χ4v) is 10.6. The molecule has 0 aliphatic rings. The van der Waals surface area contributed by atoms with Gasteiger partial charge in [0, 0.05) is 38.4 Å². The van der Waals surface area contributed by atoms with Crippen LogP contribution in [0.25, 0.3) is 133 Å². The molecule has 0 radical (unpaired) electrons. The summed E-state index contributed by atoms with van der Waals surface area (Å²) in [6, 6.07) is 84.8. The molecule has 0 N–H and O–H groups in total. The number of nitrogens with zero attached hydrogens (tertiary/aromatic N) is 5. The van der Waals surface area contributed by atoms with Crippen molar-refractivity contribution in [2.24, 2.45) is 0 Å². The number of para-hydroxylation sites is 2. The molecule has 0 saturated heterocycles. The Balaban J connectivity index is 0.937. The van der Waals surface area contributed by atoms with Crippen LogP contribution in [0, 0.1) is 0 Å². The van der Waals surface area contributed by atoms with Crippen LogP contribution in [0.1, 0.15) is 0 Å². The van der Waals surface area contributed by atoms with Gasteiger partial charge < -0.3 is 4.57 Å². The number of aromatic nitrogens is 5. The molecule has 11 aromatic carbocycles. The van der Waals surface area contributed by atoms with Gasteiger partial charge >= 0.3 is 0 Å². The van der Waals surface area contributed by atoms with E-state index in [4.69, 9.17) is 15.0 Å². The van der Waals surface area contributed by atoms with Crippen LogP contribution in [0.3, 0.4) is 0 Å². The molecule has 5 nitrogen and oxygen atoms in total. The van der Waals surface area contributed by atoms with Crippen molar-refractivity contribution in [3.05, 3.63) is 237 Å². The van der Waals surface area contributed by atoms with Gasteiger partial charge in [0.05, 0.1) is 22.1 Å². The van der Waals surface area contributed by atoms with Gasteiger partial charge in [0.25, 0.3) is 0 Å². The molecule has 0 fully saturated rings. The van der Waals surface area contributed by atoms with Gasteiger partial charge in [-0.25, -0.2) is 4.98 Å². The van der Waals surface area contributed by atoms with Crippen LogP contribution in [0.15, 0.2) is 237 Å². The van der Waals surface area contributed by atoms with E-state index in [0.29, 0.717) is 17.6 Å². The lowest BCUT2D eigenvalue weighted by atomic mass is 9.91. The van der Waals surface area contributed by atoms with Gasteiger partial charge in [-0.2, -0.15) is 9.97 Å². The first-order chi connectivity index (χ1) is 33.7. The number of hydrogen-bond donors (Lipinski definition) is 0. The monoisotopic (exact) mass is 865 g/mol. The molecule has 0 saturated carbocycles. The number of rotatable bonds is 6. The number of hydrogen-bond acceptors (Lipinski definition) is 3. The van der Waals surface area contributed by atoms with E-state index in [-0.39, 0.29) is 0 Å². The first-order valence-corrected chi connectivity index (χ1v) is 23.1. The zero-order valence-corrected chi connectivity index (χ0v) is 36.8. The van der Waals surface area contributed by atoms with Crippen molar-refractivity contribution in [3.8, 4) is 56.7 Å². The standard InChI is InChI=1S/C63H39N5/c1-4-16-40(17-5-1)41-28-32-46(33-29-41)67-57-26-14-12-25-51(57)56-38-53-49-34-30-44(36-52(49)47-22-10-11-23-48(47)54(53)39-60(56)67)45-31-35-59-55(37-45)50-24-13-15-27-58(50)68(59)63-65-61(42-18-6-2-7-19-42)64-62(66-63)43-20-8-3-9-21-43/h1-39H. The molecule has 0 amide bonds. The van der Waals surface area contributed by atoms with Crippen molar-refractivity contribution in [1.82, 2.24) is 24.1 Å². The van der Waals surface area contributed by atoms with Gasteiger partial charge in [0.15, 0.2) is 11.6 Å². The summed E-state index contributed by atoms with van der Waals surface area (Å²) in [6.45, 7) is 0. The van der Waals surface area contributed by atoms with E-state index in [9.17, 15) is 0 Å². The molecular weight excluding hydrogens is 827 g/mol. The Hall–Kier alpha value is -9.19. The minimum absolute atomic E-state index is 0.582. The highest BCUT2D eigenvalue weighted by atomic mass is 15.2. The molecular formula is C63H39N5. The Bertz CT molecular complexity index is 4230. The largest absolute Gasteiger partial charge is 0.309 e. The van der Waals surface area contributed by atoms with Crippen molar-refractivity contribution in [3.63, 3.8) is 0 Å². The van der Waals surface area contributed by atoms with E-state index in [1.807, 2.05) is 60.7 Å². The average molecular weight is 866 g/mol. The second-order valence-electron chi connectivity index (χ2n) is 17.6. The Kier molecular flexibility index (Phi) is 8.52. The molecule has 3 aromatic heterocycles. The zero-order valence-electron chi connectivity index (χ0n) is 36.8. The second-order valence-corrected chi connectivity index (χ2v) is 17.6. The van der Waals surface area contributed by atoms with Crippen molar-refractivity contribution in [2.45, 2.75) is 0 Å². The van der Waals surface area contributed by atoms with Crippen molar-refractivity contribution in [2.75, 3.05) is 0 Å². The third kappa shape index (κ3) is 5.99. The molecule has 68 heavy (non-hydrogen) atoms. The maximum Gasteiger partial charge on any atom is 0.238 e. The molecule has 5 heteroatoms. The van der Waals surface area contributed by atoms with Gasteiger partial charge in [-0.15, -0.1) is 0 Å². The molecule has 3 heterocycles. The molecule has 0 bridgehead atoms. The Morgan fingerprint density at radius 2 is 0.632 bits per heavy atom. The van der Waals surface area contributed by atoms with Crippen LogP contribution in [0.5, 0.6) is 0 Å². The lowest BCUT2D eigenvalue weighted by Crippen LogP contribution is -2.06. The van der Waals surface area contributed by atoms with Crippen LogP contribution >= 0.6 is 0 Å². The van der Waals surface area contributed by atoms with Crippen LogP contribution in [-0.2, 0) is 0 Å². The Labute approximate surface area is 391 Å². The molecule has 316 valence electrons. The first kappa shape index (κ1) is 38.1. The summed E-state index contributed by atoms with van der Waals surface area (Å²) >= 11 is 0. The topological polar surface area (TPSA) is 48.5 Å². The van der Waals surface area contributed by atoms with Crippen LogP contribution in [0.2, 0.25) is 0 Å². The molecule has 0 atom stereocenters. The lowest BCUT2D eigenvalue weighted by molar-refractivity contribution is 0.953. The summed E-state index contributed by atoms with van der Waals surface area (Å²) in [5.41, 5.74) is 12.2. The summed E-state index contributed by atoms with van der Waals surface area (Å²) < 4.78 is 4.62. The maximum atomic E-state index is 5.15. The van der Waals surface area contributed by atoms with Gasteiger partial charge in [-0.05, 0) is 109 Å². The van der Waals surface area contributed by atoms with E-state index in [1.165, 1.54) is 65.3 Å². The number of benzene rings is 11. The molecule has 0 unspecified atom stereocenters. The van der Waals surface area contributed by atoms with E-state index in [1.54, 1.807) is 0 Å². The van der Waals surface area contributed by atoms with E-state index in [0.717, 1.165) is 49.7 Å². The number of fused-ring (bicyclic) bond motifs is 12. The highest BCUT2D eigenvalue weighted by Crippen LogP contribution is 2.43. The minimum atomic E-state index is 0.582. The van der Waals surface area contributed by atoms with E-state index in [2.05, 4.69) is 185 Å². The van der Waals surface area contributed by atoms with E-state index >= 15 is 0 Å². The average Bonchev–Trinajstić information content (AvgIpc) is 3.93. The molecule has 14 aromatic rings. The Morgan fingerprint density at radius 1 is 0.221 bits per heavy atom. The van der Waals surface area contributed by atoms with Gasteiger partial charge in [-0.1, -0.05) is 182 Å². The SMILES string of the molecule is c1ccc(-c2ccc(-n3c4ccccc4c4cc5c6ccc(-c7ccc8c(c7)c7ccccc7n8-c7nc(-c8ccccc8)nc(-c8ccccc8)n7)cc6c6ccccc6c5cc43)cc2)cc1. The van der Waals surface area contributed by atoms with Gasteiger partial charge in [0.1, 0.15) is 0 Å². The quantitative estimate of drug-likeness (QED) is 0.156. The minimum Gasteiger partial charge on any atom is -0.309 e. The lowest BCUT2D eigenvalue weighted by Gasteiger charge is -2.14. The predicted octanol–water partition coefficient (Wildman–Crippen LogP) is 16.2. The molecule has 0 spiro atoms. The third-order valence-electron chi connectivity index (χ3n) is 13.8. The fraction of sp³-hybridized carbons (Fsp3) is 0. The third-order valence-corrected chi connectivity index (χ3v) is 13.8. The summed E-state index contributed by atoms with van der Waals surface area (Å²) in [5.74, 6) is 1.85. The smallest absolute Gasteiger partial charge is 0.238 e. The van der Waals surface area contributed by atoms with Crippen LogP contribution < -0.4 is 0 Å². The summed E-state index contributed by atoms with van der Waals surface area (Å²) in [5, 5.41) is 12.2. The van der Waals surface area contributed by atoms with Crippen LogP contribution in [0.4, 0.5) is 0 Å². The fourth-order valence-electron chi connectivity index (χ4n) is 10.6. The highest BCUT2D eigenvalue weighted by Gasteiger charge is 2.20. The Morgan fingerprint density at radius 3 is 1.25 bits per heavy atom. The predicted molar refractivity (Wildman–Crippen MR) is 283 cm³/mol. The molecule has 0 aliphatic heterocycles. The highest BCUT2D eigenvalue weighted by molar-refractivity contribution is 6.29. The zero-order chi connectivity index (χ0) is 44.7. The van der Waals surface area contributed by atoms with Crippen molar-refractivity contribution >= 4 is 75.9 Å². The summed E-state index contributed by atoms with van der Waals surface area (Å²) in [7, 11) is 0. The summed E-state index contributed by atoms with van der Waals surface area (Å²) in [4.78, 5) is 15.3. The van der Waals surface area contributed by atoms with Gasteiger partial charge in [-0.3, -0.25) is 4.57 Å². The van der Waals surface area contributed by atoms with Crippen LogP contribution in [-0.4, -0.2) is 24.1 Å². The second kappa shape index (κ2) is 15.2. The van der Waals surface area contributed by atoms with Gasteiger partial charge in [0.2, 0.25) is 5.95 Å². The molecule has 0 aliphatic carbocycles. The van der Waals surface area contributed by atoms with E-state index < -0.39 is 0 Å².